The average Bonchev–Trinajstić information content (AvgIpc) is 3.02. The Labute approximate surface area is 135 Å². The molecule has 0 saturated heterocycles. The van der Waals surface area contributed by atoms with Crippen LogP contribution in [0.5, 0.6) is 0 Å². The Morgan fingerprint density at radius 2 is 1.61 bits per heavy atom. The van der Waals surface area contributed by atoms with Crippen LogP contribution in [0.15, 0.2) is 71.3 Å². The minimum Gasteiger partial charge on any atom is -0.386 e. The standard InChI is InChI=1S/C19H20N2O2/c1-14-12-17(21-23-14)13-20-18(15-8-4-2-5-9-15)19(22)16-10-6-3-7-11-16/h2-12,18-20,22H,13H2,1H3/t18-,19+/m1/s1. The van der Waals surface area contributed by atoms with Gasteiger partial charge in [0, 0.05) is 12.6 Å². The molecule has 118 valence electrons. The third-order valence-electron chi connectivity index (χ3n) is 3.80. The molecule has 2 N–H and O–H groups in total. The summed E-state index contributed by atoms with van der Waals surface area (Å²) in [5.74, 6) is 0.779. The molecule has 0 radical (unpaired) electrons. The minimum atomic E-state index is -0.647. The maximum atomic E-state index is 10.8. The van der Waals surface area contributed by atoms with Crippen LogP contribution in [0.3, 0.4) is 0 Å². The van der Waals surface area contributed by atoms with Crippen LogP contribution < -0.4 is 5.32 Å². The lowest BCUT2D eigenvalue weighted by Crippen LogP contribution is -2.27. The van der Waals surface area contributed by atoms with E-state index in [4.69, 9.17) is 4.52 Å². The molecule has 0 bridgehead atoms. The summed E-state index contributed by atoms with van der Waals surface area (Å²) in [6.07, 6.45) is -0.647. The number of aliphatic hydroxyl groups is 1. The maximum Gasteiger partial charge on any atom is 0.133 e. The second-order valence-corrected chi connectivity index (χ2v) is 5.55. The highest BCUT2D eigenvalue weighted by atomic mass is 16.5. The van der Waals surface area contributed by atoms with E-state index in [0.717, 1.165) is 22.6 Å². The van der Waals surface area contributed by atoms with Crippen molar-refractivity contribution in [3.8, 4) is 0 Å². The summed E-state index contributed by atoms with van der Waals surface area (Å²) in [6, 6.07) is 21.3. The Balaban J connectivity index is 1.82. The molecule has 0 amide bonds. The van der Waals surface area contributed by atoms with E-state index >= 15 is 0 Å². The van der Waals surface area contributed by atoms with Crippen LogP contribution >= 0.6 is 0 Å². The molecular weight excluding hydrogens is 288 g/mol. The zero-order chi connectivity index (χ0) is 16.1. The molecule has 0 aliphatic carbocycles. The number of aryl methyl sites for hydroxylation is 1. The number of nitrogens with one attached hydrogen (secondary N) is 1. The number of aliphatic hydroxyl groups excluding tert-OH is 1. The van der Waals surface area contributed by atoms with Crippen molar-refractivity contribution in [3.63, 3.8) is 0 Å². The molecule has 2 atom stereocenters. The second kappa shape index (κ2) is 7.22. The summed E-state index contributed by atoms with van der Waals surface area (Å²) < 4.78 is 5.10. The summed E-state index contributed by atoms with van der Waals surface area (Å²) >= 11 is 0. The van der Waals surface area contributed by atoms with Crippen LogP contribution in [0, 0.1) is 6.92 Å². The molecule has 3 rings (SSSR count). The van der Waals surface area contributed by atoms with Gasteiger partial charge in [-0.05, 0) is 18.1 Å². The molecule has 0 aliphatic heterocycles. The van der Waals surface area contributed by atoms with E-state index in [-0.39, 0.29) is 6.04 Å². The van der Waals surface area contributed by atoms with E-state index in [1.54, 1.807) is 0 Å². The van der Waals surface area contributed by atoms with Gasteiger partial charge >= 0.3 is 0 Å². The van der Waals surface area contributed by atoms with Gasteiger partial charge in [-0.2, -0.15) is 0 Å². The van der Waals surface area contributed by atoms with Gasteiger partial charge in [0.15, 0.2) is 0 Å². The van der Waals surface area contributed by atoms with E-state index in [0.29, 0.717) is 6.54 Å². The van der Waals surface area contributed by atoms with Crippen molar-refractivity contribution in [1.82, 2.24) is 10.5 Å². The van der Waals surface area contributed by atoms with E-state index in [2.05, 4.69) is 10.5 Å². The summed E-state index contributed by atoms with van der Waals surface area (Å²) in [6.45, 7) is 2.39. The first-order chi connectivity index (χ1) is 11.2. The van der Waals surface area contributed by atoms with Gasteiger partial charge in [-0.15, -0.1) is 0 Å². The van der Waals surface area contributed by atoms with E-state index in [1.807, 2.05) is 73.7 Å². The smallest absolute Gasteiger partial charge is 0.133 e. The molecule has 3 aromatic rings. The number of benzene rings is 2. The van der Waals surface area contributed by atoms with Crippen LogP contribution in [0.1, 0.15) is 34.7 Å². The molecule has 4 heteroatoms. The van der Waals surface area contributed by atoms with Gasteiger partial charge in [-0.3, -0.25) is 0 Å². The predicted molar refractivity (Wildman–Crippen MR) is 88.7 cm³/mol. The number of rotatable bonds is 6. The lowest BCUT2D eigenvalue weighted by Gasteiger charge is -2.24. The first-order valence-electron chi connectivity index (χ1n) is 7.67. The fourth-order valence-electron chi connectivity index (χ4n) is 2.63. The third kappa shape index (κ3) is 3.86. The summed E-state index contributed by atoms with van der Waals surface area (Å²) in [5.41, 5.74) is 2.73. The van der Waals surface area contributed by atoms with Crippen molar-refractivity contribution in [2.75, 3.05) is 0 Å². The highest BCUT2D eigenvalue weighted by Gasteiger charge is 2.22. The van der Waals surface area contributed by atoms with E-state index < -0.39 is 6.10 Å². The van der Waals surface area contributed by atoms with Crippen LogP contribution in [-0.2, 0) is 6.54 Å². The van der Waals surface area contributed by atoms with Gasteiger partial charge in [0.2, 0.25) is 0 Å². The fraction of sp³-hybridized carbons (Fsp3) is 0.211. The number of hydrogen-bond acceptors (Lipinski definition) is 4. The van der Waals surface area contributed by atoms with Crippen molar-refractivity contribution in [3.05, 3.63) is 89.3 Å². The van der Waals surface area contributed by atoms with Crippen molar-refractivity contribution < 1.29 is 9.63 Å². The summed E-state index contributed by atoms with van der Waals surface area (Å²) in [7, 11) is 0. The Hall–Kier alpha value is -2.43. The number of hydrogen-bond donors (Lipinski definition) is 2. The zero-order valence-electron chi connectivity index (χ0n) is 13.0. The van der Waals surface area contributed by atoms with Crippen LogP contribution in [0.4, 0.5) is 0 Å². The van der Waals surface area contributed by atoms with E-state index in [9.17, 15) is 5.11 Å². The molecule has 0 spiro atoms. The molecule has 0 saturated carbocycles. The summed E-state index contributed by atoms with van der Waals surface area (Å²) in [4.78, 5) is 0. The van der Waals surface area contributed by atoms with Crippen molar-refractivity contribution in [2.45, 2.75) is 25.6 Å². The molecule has 4 nitrogen and oxygen atoms in total. The van der Waals surface area contributed by atoms with E-state index in [1.165, 1.54) is 0 Å². The Kier molecular flexibility index (Phi) is 4.86. The lowest BCUT2D eigenvalue weighted by molar-refractivity contribution is 0.127. The maximum absolute atomic E-state index is 10.8. The van der Waals surface area contributed by atoms with Gasteiger partial charge in [-0.1, -0.05) is 65.8 Å². The monoisotopic (exact) mass is 308 g/mol. The highest BCUT2D eigenvalue weighted by Crippen LogP contribution is 2.28. The highest BCUT2D eigenvalue weighted by molar-refractivity contribution is 5.26. The first kappa shape index (κ1) is 15.5. The zero-order valence-corrected chi connectivity index (χ0v) is 13.0. The quantitative estimate of drug-likeness (QED) is 0.731. The van der Waals surface area contributed by atoms with Crippen LogP contribution in [0.25, 0.3) is 0 Å². The fourth-order valence-corrected chi connectivity index (χ4v) is 2.63. The lowest BCUT2D eigenvalue weighted by atomic mass is 9.95. The van der Waals surface area contributed by atoms with Gasteiger partial charge in [0.05, 0.1) is 17.8 Å². The minimum absolute atomic E-state index is 0.226. The molecular formula is C19H20N2O2. The SMILES string of the molecule is Cc1cc(CN[C@H](c2ccccc2)[C@@H](O)c2ccccc2)no1. The molecule has 1 heterocycles. The van der Waals surface area contributed by atoms with Crippen molar-refractivity contribution in [2.24, 2.45) is 0 Å². The molecule has 23 heavy (non-hydrogen) atoms. The average molecular weight is 308 g/mol. The Bertz CT molecular complexity index is 725. The molecule has 1 aromatic heterocycles. The van der Waals surface area contributed by atoms with Crippen molar-refractivity contribution >= 4 is 0 Å². The Morgan fingerprint density at radius 3 is 2.17 bits per heavy atom. The normalized spacial score (nSPS) is 13.7. The van der Waals surface area contributed by atoms with Gasteiger partial charge in [-0.25, -0.2) is 0 Å². The predicted octanol–water partition coefficient (Wildman–Crippen LogP) is 3.55. The first-order valence-corrected chi connectivity index (χ1v) is 7.67. The molecule has 0 aliphatic rings. The van der Waals surface area contributed by atoms with Gasteiger partial charge in [0.25, 0.3) is 0 Å². The van der Waals surface area contributed by atoms with Crippen LogP contribution in [0.2, 0.25) is 0 Å². The molecule has 2 aromatic carbocycles. The van der Waals surface area contributed by atoms with Gasteiger partial charge in [0.1, 0.15) is 5.76 Å². The largest absolute Gasteiger partial charge is 0.386 e. The second-order valence-electron chi connectivity index (χ2n) is 5.55. The number of nitrogens with zero attached hydrogens (tertiary/aromatic N) is 1. The summed E-state index contributed by atoms with van der Waals surface area (Å²) in [5, 5.41) is 18.2. The van der Waals surface area contributed by atoms with Crippen molar-refractivity contribution in [1.29, 1.82) is 0 Å². The number of aromatic nitrogens is 1. The molecule has 0 unspecified atom stereocenters. The third-order valence-corrected chi connectivity index (χ3v) is 3.80. The van der Waals surface area contributed by atoms with Gasteiger partial charge < -0.3 is 14.9 Å². The Morgan fingerprint density at radius 1 is 1.00 bits per heavy atom. The van der Waals surface area contributed by atoms with Crippen LogP contribution in [-0.4, -0.2) is 10.3 Å². The topological polar surface area (TPSA) is 58.3 Å². The molecule has 0 fully saturated rings.